The van der Waals surface area contributed by atoms with Crippen molar-refractivity contribution >= 4 is 56.6 Å². The Balaban J connectivity index is 0.979. The van der Waals surface area contributed by atoms with Crippen LogP contribution in [0, 0.1) is 24.2 Å². The number of fused-ring (bicyclic) bond motifs is 8. The molecule has 0 fully saturated rings. The van der Waals surface area contributed by atoms with Crippen molar-refractivity contribution in [3.05, 3.63) is 141 Å². The van der Waals surface area contributed by atoms with Crippen molar-refractivity contribution in [1.82, 2.24) is 5.32 Å². The van der Waals surface area contributed by atoms with Gasteiger partial charge in [-0.1, -0.05) is 77.9 Å². The number of hydrogen-bond acceptors (Lipinski definition) is 11. The largest absolute Gasteiger partial charge is 0.493 e. The van der Waals surface area contributed by atoms with Crippen molar-refractivity contribution in [3.63, 3.8) is 0 Å². The van der Waals surface area contributed by atoms with Crippen LogP contribution in [-0.2, 0) is 67.6 Å². The Bertz CT molecular complexity index is 3250. The molecule has 4 aliphatic heterocycles. The number of methoxy groups -OCH3 is 1. The molecule has 4 aliphatic rings. The number of anilines is 3. The number of rotatable bonds is 18. The van der Waals surface area contributed by atoms with Crippen molar-refractivity contribution in [1.29, 1.82) is 0 Å². The summed E-state index contributed by atoms with van der Waals surface area (Å²) in [7, 11) is -1.43. The number of ether oxygens (including phenoxy) is 3. The topological polar surface area (TPSA) is 187 Å². The summed E-state index contributed by atoms with van der Waals surface area (Å²) in [5.41, 5.74) is 8.30. The highest BCUT2D eigenvalue weighted by atomic mass is 32.2. The van der Waals surface area contributed by atoms with Crippen molar-refractivity contribution in [2.24, 2.45) is 17.3 Å². The fraction of sp³-hybridized carbons (Fsp3) is 0.426. The third kappa shape index (κ3) is 11.6. The van der Waals surface area contributed by atoms with Crippen molar-refractivity contribution in [2.75, 3.05) is 29.3 Å². The lowest BCUT2D eigenvalue weighted by atomic mass is 9.89. The van der Waals surface area contributed by atoms with E-state index >= 15 is 0 Å². The summed E-state index contributed by atoms with van der Waals surface area (Å²) in [5, 5.41) is 4.89. The molecule has 5 atom stereocenters. The lowest BCUT2D eigenvalue weighted by molar-refractivity contribution is -0.131. The van der Waals surface area contributed by atoms with E-state index in [1.165, 1.54) is 7.11 Å². The van der Waals surface area contributed by atoms with Gasteiger partial charge in [0.25, 0.3) is 21.9 Å². The molecule has 0 spiro atoms. The Morgan fingerprint density at radius 1 is 0.727 bits per heavy atom. The molecule has 0 radical (unpaired) electrons. The van der Waals surface area contributed by atoms with Gasteiger partial charge in [-0.15, -0.1) is 0 Å². The van der Waals surface area contributed by atoms with Crippen molar-refractivity contribution < 1.29 is 50.8 Å². The van der Waals surface area contributed by atoms with Crippen molar-refractivity contribution in [2.45, 2.75) is 136 Å². The van der Waals surface area contributed by atoms with Gasteiger partial charge in [0, 0.05) is 53.0 Å². The fourth-order valence-electron chi connectivity index (χ4n) is 11.3. The summed E-state index contributed by atoms with van der Waals surface area (Å²) < 4.78 is 51.2. The zero-order chi connectivity index (χ0) is 55.1. The Morgan fingerprint density at radius 2 is 1.34 bits per heavy atom. The lowest BCUT2D eigenvalue weighted by Gasteiger charge is -2.28. The van der Waals surface area contributed by atoms with Gasteiger partial charge in [0.1, 0.15) is 24.2 Å². The molecule has 0 bridgehead atoms. The maximum Gasteiger partial charge on any atom is 0.272 e. The zero-order valence-electron chi connectivity index (χ0n) is 45.5. The molecule has 77 heavy (non-hydrogen) atoms. The van der Waals surface area contributed by atoms with Gasteiger partial charge in [-0.25, -0.2) is 0 Å². The number of para-hydroxylation sites is 2. The normalized spacial score (nSPS) is 18.4. The molecule has 406 valence electrons. The van der Waals surface area contributed by atoms with Crippen LogP contribution in [0.2, 0.25) is 0 Å². The molecule has 16 heteroatoms. The van der Waals surface area contributed by atoms with E-state index in [0.29, 0.717) is 81.3 Å². The Morgan fingerprint density at radius 3 is 1.99 bits per heavy atom. The van der Waals surface area contributed by atoms with Gasteiger partial charge < -0.3 is 34.6 Å². The first-order valence-corrected chi connectivity index (χ1v) is 28.1. The number of nitrogens with zero attached hydrogens (tertiary/aromatic N) is 2. The third-order valence-electron chi connectivity index (χ3n) is 15.5. The molecule has 5 aromatic carbocycles. The Labute approximate surface area is 452 Å². The Hall–Kier alpha value is -7.04. The molecule has 15 nitrogen and oxygen atoms in total. The van der Waals surface area contributed by atoms with Crippen LogP contribution < -0.4 is 34.6 Å². The second-order valence-corrected chi connectivity index (χ2v) is 24.6. The maximum atomic E-state index is 14.4. The summed E-state index contributed by atoms with van der Waals surface area (Å²) in [5.74, 6) is -0.903. The number of nitrogens with one attached hydrogen (secondary N) is 2. The van der Waals surface area contributed by atoms with E-state index in [1.54, 1.807) is 42.2 Å². The van der Waals surface area contributed by atoms with E-state index in [9.17, 15) is 32.4 Å². The number of aryl methyl sites for hydroxylation is 2. The van der Waals surface area contributed by atoms with Gasteiger partial charge in [0.05, 0.1) is 26.3 Å². The summed E-state index contributed by atoms with van der Waals surface area (Å²) >= 11 is 0. The minimum absolute atomic E-state index is 0.00367. The SMILES string of the molecule is COc1cc2c(cc1OCc1cc(COc3cc4c(cc3C)C(=O)N3c5ccccc5C[C@H]3C(S(=O)(=O)OC)C4)cc(NC(=O)[C@H](C)CC(=O)[C@@H](NC(=O)CCC(C)(C)C)C(C)C)c1)CC[C@@H]1Cc3ccccc3N1C2=O. The predicted molar refractivity (Wildman–Crippen MR) is 295 cm³/mol. The molecule has 9 rings (SSSR count). The predicted octanol–water partition coefficient (Wildman–Crippen LogP) is 9.65. The number of benzene rings is 5. The highest BCUT2D eigenvalue weighted by Gasteiger charge is 2.48. The van der Waals surface area contributed by atoms with Crippen LogP contribution in [0.5, 0.6) is 17.2 Å². The van der Waals surface area contributed by atoms with Gasteiger partial charge in [-0.3, -0.25) is 28.2 Å². The van der Waals surface area contributed by atoms with Gasteiger partial charge in [-0.2, -0.15) is 8.42 Å². The van der Waals surface area contributed by atoms with E-state index in [2.05, 4.69) is 37.5 Å². The number of carbonyl (C=O) groups is 5. The molecule has 1 unspecified atom stereocenters. The molecular formula is C61H70N4O11S. The van der Waals surface area contributed by atoms with Gasteiger partial charge in [0.15, 0.2) is 17.3 Å². The second-order valence-electron chi connectivity index (χ2n) is 22.6. The molecule has 5 aromatic rings. The van der Waals surface area contributed by atoms with Crippen LogP contribution in [0.25, 0.3) is 0 Å². The van der Waals surface area contributed by atoms with Gasteiger partial charge >= 0.3 is 0 Å². The number of carbonyl (C=O) groups excluding carboxylic acids is 5. The average Bonchev–Trinajstić information content (AvgIpc) is 3.97. The summed E-state index contributed by atoms with van der Waals surface area (Å²) in [6.45, 7) is 13.4. The van der Waals surface area contributed by atoms with E-state index < -0.39 is 39.3 Å². The monoisotopic (exact) mass is 1070 g/mol. The first-order valence-electron chi connectivity index (χ1n) is 26.6. The van der Waals surface area contributed by atoms with Crippen LogP contribution in [0.4, 0.5) is 17.1 Å². The van der Waals surface area contributed by atoms with E-state index in [0.717, 1.165) is 42.3 Å². The quantitative estimate of drug-likeness (QED) is 0.0796. The fourth-order valence-corrected chi connectivity index (χ4v) is 12.5. The number of ketones is 1. The van der Waals surface area contributed by atoms with Gasteiger partial charge in [-0.05, 0) is 150 Å². The third-order valence-corrected chi connectivity index (χ3v) is 17.2. The van der Waals surface area contributed by atoms with Crippen LogP contribution in [0.1, 0.15) is 127 Å². The first-order chi connectivity index (χ1) is 36.6. The second kappa shape index (κ2) is 22.1. The highest BCUT2D eigenvalue weighted by Crippen LogP contribution is 2.43. The average molecular weight is 1070 g/mol. The maximum absolute atomic E-state index is 14.4. The first kappa shape index (κ1) is 54.7. The van der Waals surface area contributed by atoms with E-state index in [1.807, 2.05) is 80.3 Å². The molecular weight excluding hydrogens is 997 g/mol. The summed E-state index contributed by atoms with van der Waals surface area (Å²) in [6.07, 6.45) is 3.45. The van der Waals surface area contributed by atoms with Crippen LogP contribution in [-0.4, -0.2) is 75.4 Å². The number of amides is 4. The van der Waals surface area contributed by atoms with Crippen LogP contribution in [0.15, 0.2) is 91.0 Å². The number of Topliss-reactive ketones (excluding diaryl/α,β-unsaturated/α-hetero) is 1. The molecule has 2 N–H and O–H groups in total. The standard InChI is InChI=1S/C61H70N4O11S/c1-35(2)57(63-56(67)20-21-61(5,6)7)51(66)23-37(4)58(68)62-44-25-38(24-39(26-44)34-76-54-29-40-18-19-45-27-41-14-10-12-16-48(41)64(45)59(69)47(40)32-53(54)73-8)33-75-52-30-43-31-55(77(71,72)74-9)50-28-42-15-11-13-17-49(42)65(50)60(70)46(43)22-36(52)3/h10-17,22,24-26,29-30,32,35,37,45,50,55,57H,18-21,23,27-28,31,33-34H2,1-9H3,(H,62,68)(H,63,67)/t37-,45-,50+,55?,57+/m1/s1. The molecule has 0 aliphatic carbocycles. The smallest absolute Gasteiger partial charge is 0.272 e. The molecule has 0 saturated heterocycles. The van der Waals surface area contributed by atoms with E-state index in [4.69, 9.17) is 18.4 Å². The van der Waals surface area contributed by atoms with E-state index in [-0.39, 0.29) is 73.4 Å². The molecule has 4 amide bonds. The highest BCUT2D eigenvalue weighted by molar-refractivity contribution is 7.87. The molecule has 4 heterocycles. The van der Waals surface area contributed by atoms with Crippen molar-refractivity contribution in [3.8, 4) is 17.2 Å². The van der Waals surface area contributed by atoms with Gasteiger partial charge in [0.2, 0.25) is 11.8 Å². The Kier molecular flexibility index (Phi) is 15.7. The summed E-state index contributed by atoms with van der Waals surface area (Å²) in [6, 6.07) is 26.7. The summed E-state index contributed by atoms with van der Waals surface area (Å²) in [4.78, 5) is 72.9. The molecule has 0 saturated carbocycles. The number of hydrogen-bond donors (Lipinski definition) is 2. The lowest BCUT2D eigenvalue weighted by Crippen LogP contribution is -2.47. The minimum atomic E-state index is -4.11. The molecule has 0 aromatic heterocycles. The van der Waals surface area contributed by atoms with Crippen LogP contribution in [0.3, 0.4) is 0 Å². The minimum Gasteiger partial charge on any atom is -0.493 e. The van der Waals surface area contributed by atoms with Crippen LogP contribution >= 0.6 is 0 Å². The zero-order valence-corrected chi connectivity index (χ0v) is 46.3.